The van der Waals surface area contributed by atoms with Crippen molar-refractivity contribution in [3.63, 3.8) is 0 Å². The molecular formula is C25H30N2O. The monoisotopic (exact) mass is 374 g/mol. The fourth-order valence-corrected chi connectivity index (χ4v) is 4.17. The van der Waals surface area contributed by atoms with Crippen LogP contribution in [0.4, 0.5) is 0 Å². The van der Waals surface area contributed by atoms with Crippen LogP contribution in [-0.4, -0.2) is 14.7 Å². The highest BCUT2D eigenvalue weighted by Crippen LogP contribution is 2.43. The van der Waals surface area contributed by atoms with E-state index in [4.69, 9.17) is 4.98 Å². The molecule has 3 aromatic rings. The molecule has 0 saturated heterocycles. The molecule has 0 unspecified atom stereocenters. The van der Waals surface area contributed by atoms with Crippen LogP contribution in [-0.2, 0) is 17.4 Å². The third-order valence-corrected chi connectivity index (χ3v) is 5.81. The molecule has 0 atom stereocenters. The first-order valence-corrected chi connectivity index (χ1v) is 10.0. The van der Waals surface area contributed by atoms with E-state index in [2.05, 4.69) is 89.4 Å². The van der Waals surface area contributed by atoms with E-state index in [-0.39, 0.29) is 10.8 Å². The summed E-state index contributed by atoms with van der Waals surface area (Å²) in [6.45, 7) is 15.9. The molecule has 2 heterocycles. The average Bonchev–Trinajstić information content (AvgIpc) is 3.10. The van der Waals surface area contributed by atoms with Crippen molar-refractivity contribution in [1.29, 1.82) is 0 Å². The summed E-state index contributed by atoms with van der Waals surface area (Å²) in [5.74, 6) is 1.46. The van der Waals surface area contributed by atoms with Gasteiger partial charge in [-0.25, -0.2) is 4.98 Å². The summed E-state index contributed by atoms with van der Waals surface area (Å²) in [4.78, 5) is 5.06. The summed E-state index contributed by atoms with van der Waals surface area (Å²) in [7, 11) is 0. The highest BCUT2D eigenvalue weighted by Gasteiger charge is 2.29. The van der Waals surface area contributed by atoms with Gasteiger partial charge in [-0.3, -0.25) is 0 Å². The van der Waals surface area contributed by atoms with Gasteiger partial charge in [-0.1, -0.05) is 65.8 Å². The lowest BCUT2D eigenvalue weighted by Crippen LogP contribution is -2.17. The lowest BCUT2D eigenvalue weighted by molar-refractivity contribution is 0.423. The van der Waals surface area contributed by atoms with Crippen LogP contribution in [0.1, 0.15) is 63.9 Å². The molecular weight excluding hydrogens is 344 g/mol. The summed E-state index contributed by atoms with van der Waals surface area (Å²) >= 11 is 0. The fraction of sp³-hybridized carbons (Fsp3) is 0.400. The quantitative estimate of drug-likeness (QED) is 0.431. The standard InChI is InChI=1S/C25H30N2O/c1-15-21(26-23-18-11-9-8-10-16(18)14-27(15)23)17-12-19(24(2,3)4)22(28)20(13-17)25(5,6)7/h8-13,28H,14H2,1-7H3. The number of benzene rings is 2. The van der Waals surface area contributed by atoms with Gasteiger partial charge in [0, 0.05) is 27.9 Å². The largest absolute Gasteiger partial charge is 0.507 e. The Morgan fingerprint density at radius 1 is 0.929 bits per heavy atom. The predicted octanol–water partition coefficient (Wildman–Crippen LogP) is 6.19. The van der Waals surface area contributed by atoms with E-state index in [1.54, 1.807) is 0 Å². The van der Waals surface area contributed by atoms with E-state index in [1.807, 2.05) is 0 Å². The SMILES string of the molecule is Cc1c(-c2cc(C(C)(C)C)c(O)c(C(C)(C)C)c2)nc2n1Cc1ccccc1-2. The van der Waals surface area contributed by atoms with Gasteiger partial charge in [0.05, 0.1) is 12.2 Å². The molecule has 1 aliphatic rings. The molecule has 0 radical (unpaired) electrons. The normalized spacial score (nSPS) is 13.5. The Morgan fingerprint density at radius 3 is 2.07 bits per heavy atom. The number of hydrogen-bond donors (Lipinski definition) is 1. The Morgan fingerprint density at radius 2 is 1.50 bits per heavy atom. The topological polar surface area (TPSA) is 38.1 Å². The second-order valence-electron chi connectivity index (χ2n) is 10.0. The van der Waals surface area contributed by atoms with Gasteiger partial charge in [0.15, 0.2) is 0 Å². The summed E-state index contributed by atoms with van der Waals surface area (Å²) < 4.78 is 2.31. The molecule has 28 heavy (non-hydrogen) atoms. The third-order valence-electron chi connectivity index (χ3n) is 5.81. The molecule has 3 heteroatoms. The van der Waals surface area contributed by atoms with Gasteiger partial charge in [-0.15, -0.1) is 0 Å². The van der Waals surface area contributed by atoms with Crippen molar-refractivity contribution >= 4 is 0 Å². The Balaban J connectivity index is 1.95. The highest BCUT2D eigenvalue weighted by molar-refractivity contribution is 5.74. The van der Waals surface area contributed by atoms with Gasteiger partial charge in [-0.2, -0.15) is 0 Å². The minimum Gasteiger partial charge on any atom is -0.507 e. The van der Waals surface area contributed by atoms with E-state index in [9.17, 15) is 5.11 Å². The molecule has 1 aromatic heterocycles. The zero-order chi connectivity index (χ0) is 20.4. The van der Waals surface area contributed by atoms with Gasteiger partial charge in [0.1, 0.15) is 11.6 Å². The molecule has 0 spiro atoms. The van der Waals surface area contributed by atoms with Crippen LogP contribution >= 0.6 is 0 Å². The Kier molecular flexibility index (Phi) is 4.01. The molecule has 4 rings (SSSR count). The lowest BCUT2D eigenvalue weighted by Gasteiger charge is -2.28. The number of aromatic hydroxyl groups is 1. The van der Waals surface area contributed by atoms with Crippen molar-refractivity contribution in [2.24, 2.45) is 0 Å². The number of aromatic nitrogens is 2. The molecule has 1 aliphatic heterocycles. The van der Waals surface area contributed by atoms with Crippen molar-refractivity contribution in [3.05, 3.63) is 58.8 Å². The maximum atomic E-state index is 11.0. The number of imidazole rings is 1. The van der Waals surface area contributed by atoms with Crippen molar-refractivity contribution in [2.75, 3.05) is 0 Å². The third kappa shape index (κ3) is 2.85. The fourth-order valence-electron chi connectivity index (χ4n) is 4.17. The van der Waals surface area contributed by atoms with Gasteiger partial charge in [-0.05, 0) is 35.4 Å². The van der Waals surface area contributed by atoms with Crippen molar-refractivity contribution in [2.45, 2.75) is 65.8 Å². The summed E-state index contributed by atoms with van der Waals surface area (Å²) in [6, 6.07) is 12.8. The van der Waals surface area contributed by atoms with Crippen molar-refractivity contribution < 1.29 is 5.11 Å². The number of hydrogen-bond acceptors (Lipinski definition) is 2. The Bertz CT molecular complexity index is 1040. The van der Waals surface area contributed by atoms with Crippen LogP contribution < -0.4 is 0 Å². The molecule has 2 aromatic carbocycles. The number of phenols is 1. The number of rotatable bonds is 1. The molecule has 0 fully saturated rings. The van der Waals surface area contributed by atoms with Gasteiger partial charge < -0.3 is 9.67 Å². The van der Waals surface area contributed by atoms with Gasteiger partial charge >= 0.3 is 0 Å². The van der Waals surface area contributed by atoms with E-state index >= 15 is 0 Å². The van der Waals surface area contributed by atoms with Crippen molar-refractivity contribution in [1.82, 2.24) is 9.55 Å². The highest BCUT2D eigenvalue weighted by atomic mass is 16.3. The number of fused-ring (bicyclic) bond motifs is 3. The van der Waals surface area contributed by atoms with Crippen molar-refractivity contribution in [3.8, 4) is 28.4 Å². The second-order valence-corrected chi connectivity index (χ2v) is 10.0. The molecule has 0 aliphatic carbocycles. The van der Waals surface area contributed by atoms with E-state index in [1.165, 1.54) is 16.8 Å². The minimum absolute atomic E-state index is 0.150. The molecule has 1 N–H and O–H groups in total. The summed E-state index contributed by atoms with van der Waals surface area (Å²) in [5.41, 5.74) is 7.48. The van der Waals surface area contributed by atoms with Gasteiger partial charge in [0.2, 0.25) is 0 Å². The van der Waals surface area contributed by atoms with E-state index in [0.717, 1.165) is 34.8 Å². The van der Waals surface area contributed by atoms with Gasteiger partial charge in [0.25, 0.3) is 0 Å². The molecule has 0 saturated carbocycles. The smallest absolute Gasteiger partial charge is 0.141 e. The Labute approximate surface area is 168 Å². The summed E-state index contributed by atoms with van der Waals surface area (Å²) in [6.07, 6.45) is 0. The lowest BCUT2D eigenvalue weighted by atomic mass is 9.78. The first-order valence-electron chi connectivity index (χ1n) is 10.0. The van der Waals surface area contributed by atoms with Crippen LogP contribution in [0, 0.1) is 6.92 Å². The van der Waals surface area contributed by atoms with Crippen LogP contribution in [0.5, 0.6) is 5.75 Å². The second kappa shape index (κ2) is 5.97. The van der Waals surface area contributed by atoms with Crippen LogP contribution in [0.15, 0.2) is 36.4 Å². The Hall–Kier alpha value is -2.55. The zero-order valence-electron chi connectivity index (χ0n) is 18.0. The number of phenolic OH excluding ortho intramolecular Hbond substituents is 1. The molecule has 3 nitrogen and oxygen atoms in total. The first-order chi connectivity index (χ1) is 13.0. The molecule has 0 amide bonds. The van der Waals surface area contributed by atoms with E-state index in [0.29, 0.717) is 5.75 Å². The number of nitrogens with zero attached hydrogens (tertiary/aromatic N) is 2. The molecule has 146 valence electrons. The van der Waals surface area contributed by atoms with E-state index < -0.39 is 0 Å². The van der Waals surface area contributed by atoms with Crippen LogP contribution in [0.25, 0.3) is 22.6 Å². The average molecular weight is 375 g/mol. The minimum atomic E-state index is -0.150. The van der Waals surface area contributed by atoms with Crippen LogP contribution in [0.3, 0.4) is 0 Å². The first kappa shape index (κ1) is 18.8. The van der Waals surface area contributed by atoms with Crippen LogP contribution in [0.2, 0.25) is 0 Å². The zero-order valence-corrected chi connectivity index (χ0v) is 18.0. The summed E-state index contributed by atoms with van der Waals surface area (Å²) in [5, 5.41) is 11.0. The predicted molar refractivity (Wildman–Crippen MR) is 116 cm³/mol. The maximum Gasteiger partial charge on any atom is 0.141 e. The molecule has 0 bridgehead atoms. The maximum absolute atomic E-state index is 11.0.